The zero-order valence-corrected chi connectivity index (χ0v) is 23.5. The van der Waals surface area contributed by atoms with Crippen molar-refractivity contribution >= 4 is 17.7 Å². The second kappa shape index (κ2) is 11.3. The first-order valence-corrected chi connectivity index (χ1v) is 13.2. The van der Waals surface area contributed by atoms with Crippen LogP contribution in [0.5, 0.6) is 5.75 Å². The zero-order chi connectivity index (χ0) is 28.3. The van der Waals surface area contributed by atoms with Gasteiger partial charge in [-0.2, -0.15) is 4.98 Å². The van der Waals surface area contributed by atoms with Crippen molar-refractivity contribution in [3.63, 3.8) is 0 Å². The Bertz CT molecular complexity index is 1360. The number of hydrogen-bond donors (Lipinski definition) is 2. The Morgan fingerprint density at radius 2 is 1.97 bits per heavy atom. The number of carbonyl (C=O) groups excluding carboxylic acids is 2. The summed E-state index contributed by atoms with van der Waals surface area (Å²) < 4.78 is 16.5. The van der Waals surface area contributed by atoms with E-state index in [9.17, 15) is 9.59 Å². The van der Waals surface area contributed by atoms with E-state index in [-0.39, 0.29) is 25.0 Å². The van der Waals surface area contributed by atoms with E-state index in [2.05, 4.69) is 15.5 Å². The quantitative estimate of drug-likeness (QED) is 0.409. The van der Waals surface area contributed by atoms with E-state index in [1.54, 1.807) is 32.9 Å². The fraction of sp³-hybridized carbons (Fsp3) is 0.448. The van der Waals surface area contributed by atoms with Gasteiger partial charge in [0.05, 0.1) is 11.8 Å². The van der Waals surface area contributed by atoms with Crippen molar-refractivity contribution in [2.45, 2.75) is 72.6 Å². The lowest BCUT2D eigenvalue weighted by Gasteiger charge is -2.30. The minimum Gasteiger partial charge on any atom is -0.489 e. The second-order valence-corrected chi connectivity index (χ2v) is 11.0. The lowest BCUT2D eigenvalue weighted by atomic mass is 9.91. The molecule has 1 aliphatic rings. The topological polar surface area (TPSA) is 133 Å². The van der Waals surface area contributed by atoms with Gasteiger partial charge >= 0.3 is 6.09 Å². The number of carbonyl (C=O) groups is 2. The Morgan fingerprint density at radius 3 is 2.67 bits per heavy atom. The fourth-order valence-electron chi connectivity index (χ4n) is 4.53. The highest BCUT2D eigenvalue weighted by atomic mass is 16.6. The number of alkyl carbamates (subject to hydrolysis) is 1. The van der Waals surface area contributed by atoms with Crippen LogP contribution in [0, 0.1) is 6.92 Å². The van der Waals surface area contributed by atoms with E-state index in [1.165, 1.54) is 5.56 Å². The molecule has 10 heteroatoms. The smallest absolute Gasteiger partial charge is 0.407 e. The highest BCUT2D eigenvalue weighted by Gasteiger charge is 2.24. The monoisotopic (exact) mass is 535 g/mol. The van der Waals surface area contributed by atoms with E-state index in [0.29, 0.717) is 41.8 Å². The largest absolute Gasteiger partial charge is 0.489 e. The molecule has 0 unspecified atom stereocenters. The number of benzene rings is 2. The molecule has 0 saturated carbocycles. The van der Waals surface area contributed by atoms with E-state index in [0.717, 1.165) is 23.1 Å². The predicted octanol–water partition coefficient (Wildman–Crippen LogP) is 4.88. The summed E-state index contributed by atoms with van der Waals surface area (Å²) in [7, 11) is 0. The summed E-state index contributed by atoms with van der Waals surface area (Å²) in [6, 6.07) is 9.40. The first kappa shape index (κ1) is 27.9. The molecule has 208 valence electrons. The molecule has 0 saturated heterocycles. The first-order valence-electron chi connectivity index (χ1n) is 13.2. The summed E-state index contributed by atoms with van der Waals surface area (Å²) in [6.45, 7) is 12.7. The normalized spacial score (nSPS) is 13.3. The summed E-state index contributed by atoms with van der Waals surface area (Å²) in [6.07, 6.45) is 0.435. The number of anilines is 1. The van der Waals surface area contributed by atoms with Crippen molar-refractivity contribution in [3.8, 4) is 28.6 Å². The van der Waals surface area contributed by atoms with Gasteiger partial charge in [-0.3, -0.25) is 4.79 Å². The number of amides is 2. The molecule has 0 atom stereocenters. The molecule has 10 nitrogen and oxygen atoms in total. The van der Waals surface area contributed by atoms with Crippen LogP contribution >= 0.6 is 0 Å². The third-order valence-corrected chi connectivity index (χ3v) is 6.33. The molecule has 1 aromatic heterocycles. The van der Waals surface area contributed by atoms with Gasteiger partial charge in [0.15, 0.2) is 0 Å². The summed E-state index contributed by atoms with van der Waals surface area (Å²) in [5, 5.41) is 6.86. The van der Waals surface area contributed by atoms with Crippen LogP contribution < -0.4 is 15.8 Å². The Hall–Kier alpha value is -4.08. The Morgan fingerprint density at radius 1 is 1.21 bits per heavy atom. The number of nitrogens with zero attached hydrogens (tertiary/aromatic N) is 3. The molecular weight excluding hydrogens is 498 g/mol. The lowest BCUT2D eigenvalue weighted by Crippen LogP contribution is -2.39. The van der Waals surface area contributed by atoms with Gasteiger partial charge in [-0.15, -0.1) is 0 Å². The Balaban J connectivity index is 1.41. The van der Waals surface area contributed by atoms with Crippen LogP contribution in [-0.4, -0.2) is 51.8 Å². The number of hydrogen-bond acceptors (Lipinski definition) is 8. The van der Waals surface area contributed by atoms with Gasteiger partial charge in [-0.25, -0.2) is 4.79 Å². The number of fused-ring (bicyclic) bond motifs is 1. The molecule has 0 fully saturated rings. The summed E-state index contributed by atoms with van der Waals surface area (Å²) >= 11 is 0. The Labute approximate surface area is 228 Å². The van der Waals surface area contributed by atoms with Crippen molar-refractivity contribution in [2.75, 3.05) is 18.8 Å². The summed E-state index contributed by atoms with van der Waals surface area (Å²) in [5.41, 5.74) is 11.0. The molecule has 39 heavy (non-hydrogen) atoms. The average Bonchev–Trinajstić information content (AvgIpc) is 3.34. The summed E-state index contributed by atoms with van der Waals surface area (Å²) in [4.78, 5) is 31.0. The maximum atomic E-state index is 12.8. The molecule has 0 bridgehead atoms. The predicted molar refractivity (Wildman–Crippen MR) is 148 cm³/mol. The van der Waals surface area contributed by atoms with Crippen LogP contribution in [0.25, 0.3) is 22.8 Å². The molecule has 4 rings (SSSR count). The standard InChI is InChI=1S/C29H37N5O5/c1-17(2)37-24-10-8-19(15-23(24)30)27-32-26(33-39-27)22-9-7-20-16-34(14-12-21(20)18(22)3)25(35)11-13-31-28(36)38-29(4,5)6/h7-10,15,17H,11-14,16,30H2,1-6H3,(H,31,36). The SMILES string of the molecule is Cc1c(-c2noc(-c3ccc(OC(C)C)c(N)c3)n2)ccc2c1CCN(C(=O)CCNC(=O)OC(C)(C)C)C2. The van der Waals surface area contributed by atoms with Crippen LogP contribution in [0.3, 0.4) is 0 Å². The Kier molecular flexibility index (Phi) is 8.13. The maximum absolute atomic E-state index is 12.8. The molecule has 3 N–H and O–H groups in total. The van der Waals surface area contributed by atoms with Crippen LogP contribution in [0.1, 0.15) is 57.7 Å². The third kappa shape index (κ3) is 6.87. The van der Waals surface area contributed by atoms with Gasteiger partial charge in [0.2, 0.25) is 11.7 Å². The van der Waals surface area contributed by atoms with Gasteiger partial charge in [0.1, 0.15) is 11.4 Å². The van der Waals surface area contributed by atoms with E-state index < -0.39 is 11.7 Å². The molecule has 3 aromatic rings. The average molecular weight is 536 g/mol. The zero-order valence-electron chi connectivity index (χ0n) is 23.5. The highest BCUT2D eigenvalue weighted by Crippen LogP contribution is 2.33. The van der Waals surface area contributed by atoms with Gasteiger partial charge in [0, 0.05) is 37.2 Å². The molecule has 0 aliphatic carbocycles. The molecular formula is C29H37N5O5. The first-order chi connectivity index (χ1) is 18.4. The van der Waals surface area contributed by atoms with Crippen molar-refractivity contribution < 1.29 is 23.6 Å². The van der Waals surface area contributed by atoms with Crippen LogP contribution in [0.2, 0.25) is 0 Å². The molecule has 2 amide bonds. The van der Waals surface area contributed by atoms with E-state index in [4.69, 9.17) is 19.7 Å². The van der Waals surface area contributed by atoms with Gasteiger partial charge in [-0.05, 0) is 82.9 Å². The van der Waals surface area contributed by atoms with Crippen molar-refractivity contribution in [1.82, 2.24) is 20.4 Å². The number of nitrogens with one attached hydrogen (secondary N) is 1. The molecule has 0 spiro atoms. The van der Waals surface area contributed by atoms with Gasteiger partial charge in [-0.1, -0.05) is 17.3 Å². The molecule has 2 heterocycles. The van der Waals surface area contributed by atoms with Crippen molar-refractivity contribution in [2.24, 2.45) is 0 Å². The number of nitrogens with two attached hydrogens (primary N) is 1. The van der Waals surface area contributed by atoms with Crippen LogP contribution in [0.15, 0.2) is 34.9 Å². The van der Waals surface area contributed by atoms with Crippen molar-refractivity contribution in [1.29, 1.82) is 0 Å². The van der Waals surface area contributed by atoms with Gasteiger partial charge in [0.25, 0.3) is 5.89 Å². The van der Waals surface area contributed by atoms with Crippen LogP contribution in [0.4, 0.5) is 10.5 Å². The number of nitrogen functional groups attached to an aromatic ring is 1. The number of aromatic nitrogens is 2. The minimum atomic E-state index is -0.577. The molecule has 0 radical (unpaired) electrons. The second-order valence-electron chi connectivity index (χ2n) is 11.0. The third-order valence-electron chi connectivity index (χ3n) is 6.33. The molecule has 2 aromatic carbocycles. The van der Waals surface area contributed by atoms with E-state index >= 15 is 0 Å². The van der Waals surface area contributed by atoms with Crippen molar-refractivity contribution in [3.05, 3.63) is 47.0 Å². The fourth-order valence-corrected chi connectivity index (χ4v) is 4.53. The number of rotatable bonds is 7. The minimum absolute atomic E-state index is 0.00895. The lowest BCUT2D eigenvalue weighted by molar-refractivity contribution is -0.132. The summed E-state index contributed by atoms with van der Waals surface area (Å²) in [5.74, 6) is 1.48. The van der Waals surface area contributed by atoms with Gasteiger partial charge < -0.3 is 29.9 Å². The maximum Gasteiger partial charge on any atom is 0.407 e. The molecule has 1 aliphatic heterocycles. The van der Waals surface area contributed by atoms with Crippen LogP contribution in [-0.2, 0) is 22.5 Å². The van der Waals surface area contributed by atoms with E-state index in [1.807, 2.05) is 43.9 Å². The number of ether oxygens (including phenoxy) is 2. The highest BCUT2D eigenvalue weighted by molar-refractivity contribution is 5.78.